The van der Waals surface area contributed by atoms with Crippen molar-refractivity contribution in [3.63, 3.8) is 0 Å². The largest absolute Gasteiger partial charge is 0.316 e. The number of nitrogens with zero attached hydrogens (tertiary/aromatic N) is 2. The highest BCUT2D eigenvalue weighted by atomic mass is 32.2. The standard InChI is InChI=1S/C9H14N2S2/c1-11-5-9-13-8-3-7-12-6-2-4-10/h2-3,5-9H2. The molecule has 0 aliphatic rings. The molecule has 0 aromatic rings. The van der Waals surface area contributed by atoms with E-state index < -0.39 is 0 Å². The smallest absolute Gasteiger partial charge is 0.223 e. The maximum atomic E-state index is 8.27. The van der Waals surface area contributed by atoms with Gasteiger partial charge in [0.15, 0.2) is 0 Å². The van der Waals surface area contributed by atoms with E-state index in [1.54, 1.807) is 0 Å². The summed E-state index contributed by atoms with van der Waals surface area (Å²) in [6.45, 7) is 7.22. The number of hydrogen-bond donors (Lipinski definition) is 0. The van der Waals surface area contributed by atoms with Crippen LogP contribution in [0.2, 0.25) is 0 Å². The van der Waals surface area contributed by atoms with Crippen LogP contribution in [0.25, 0.3) is 4.85 Å². The van der Waals surface area contributed by atoms with Crippen LogP contribution in [0.3, 0.4) is 0 Å². The van der Waals surface area contributed by atoms with Crippen LogP contribution in [0.15, 0.2) is 0 Å². The van der Waals surface area contributed by atoms with Gasteiger partial charge in [0.25, 0.3) is 0 Å². The van der Waals surface area contributed by atoms with Crippen LogP contribution >= 0.6 is 23.5 Å². The molecule has 0 aliphatic carbocycles. The Balaban J connectivity index is 2.85. The van der Waals surface area contributed by atoms with Crippen LogP contribution in [0.4, 0.5) is 0 Å². The summed E-state index contributed by atoms with van der Waals surface area (Å²) in [7, 11) is 0. The maximum Gasteiger partial charge on any atom is 0.223 e. The van der Waals surface area contributed by atoms with Gasteiger partial charge >= 0.3 is 0 Å². The first-order valence-corrected chi connectivity index (χ1v) is 6.58. The molecular formula is C9H14N2S2. The van der Waals surface area contributed by atoms with Crippen LogP contribution in [-0.4, -0.2) is 29.6 Å². The highest BCUT2D eigenvalue weighted by molar-refractivity contribution is 8.00. The van der Waals surface area contributed by atoms with Crippen molar-refractivity contribution in [3.8, 4) is 6.07 Å². The molecule has 0 amide bonds. The molecule has 4 heteroatoms. The third-order valence-electron chi connectivity index (χ3n) is 1.28. The summed E-state index contributed by atoms with van der Waals surface area (Å²) in [5, 5.41) is 8.27. The van der Waals surface area contributed by atoms with Gasteiger partial charge in [0, 0.05) is 12.2 Å². The van der Waals surface area contributed by atoms with E-state index >= 15 is 0 Å². The lowest BCUT2D eigenvalue weighted by Gasteiger charge is -1.97. The first-order valence-electron chi connectivity index (χ1n) is 4.27. The Morgan fingerprint density at radius 3 is 2.46 bits per heavy atom. The van der Waals surface area contributed by atoms with E-state index in [0.717, 1.165) is 23.0 Å². The number of rotatable bonds is 8. The molecule has 0 N–H and O–H groups in total. The zero-order valence-electron chi connectivity index (χ0n) is 7.66. The average Bonchev–Trinajstić information content (AvgIpc) is 2.16. The average molecular weight is 214 g/mol. The van der Waals surface area contributed by atoms with E-state index in [1.807, 2.05) is 23.5 Å². The Hall–Kier alpha value is -0.320. The van der Waals surface area contributed by atoms with Crippen molar-refractivity contribution in [2.45, 2.75) is 12.8 Å². The molecule has 0 saturated heterocycles. The number of hydrogen-bond acceptors (Lipinski definition) is 3. The maximum absolute atomic E-state index is 8.27. The van der Waals surface area contributed by atoms with Crippen LogP contribution in [0, 0.1) is 17.9 Å². The van der Waals surface area contributed by atoms with Crippen LogP contribution in [0.1, 0.15) is 12.8 Å². The molecule has 0 bridgehead atoms. The van der Waals surface area contributed by atoms with Crippen molar-refractivity contribution < 1.29 is 0 Å². The number of nitriles is 1. The summed E-state index contributed by atoms with van der Waals surface area (Å²) in [5.41, 5.74) is 0. The van der Waals surface area contributed by atoms with E-state index in [-0.39, 0.29) is 0 Å². The molecule has 0 atom stereocenters. The fraction of sp³-hybridized carbons (Fsp3) is 0.778. The molecule has 0 heterocycles. The second kappa shape index (κ2) is 11.7. The van der Waals surface area contributed by atoms with Gasteiger partial charge in [-0.3, -0.25) is 0 Å². The van der Waals surface area contributed by atoms with Crippen molar-refractivity contribution in [3.05, 3.63) is 11.4 Å². The van der Waals surface area contributed by atoms with Crippen LogP contribution in [0.5, 0.6) is 0 Å². The minimum Gasteiger partial charge on any atom is -0.316 e. The van der Waals surface area contributed by atoms with E-state index in [0.29, 0.717) is 13.0 Å². The zero-order chi connectivity index (χ0) is 9.78. The molecule has 0 aromatic carbocycles. The monoisotopic (exact) mass is 214 g/mol. The lowest BCUT2D eigenvalue weighted by Crippen LogP contribution is -1.89. The highest BCUT2D eigenvalue weighted by Gasteiger charge is 1.92. The van der Waals surface area contributed by atoms with Crippen LogP contribution in [-0.2, 0) is 0 Å². The summed E-state index contributed by atoms with van der Waals surface area (Å²) in [6, 6.07) is 2.13. The minimum atomic E-state index is 0.645. The lowest BCUT2D eigenvalue weighted by atomic mass is 10.6. The van der Waals surface area contributed by atoms with Gasteiger partial charge in [-0.25, -0.2) is 6.57 Å². The molecule has 72 valence electrons. The zero-order valence-corrected chi connectivity index (χ0v) is 9.29. The van der Waals surface area contributed by atoms with Gasteiger partial charge in [-0.05, 0) is 17.9 Å². The summed E-state index contributed by atoms with van der Waals surface area (Å²) in [6.07, 6.45) is 1.86. The fourth-order valence-electron chi connectivity index (χ4n) is 0.695. The molecule has 0 radical (unpaired) electrons. The van der Waals surface area contributed by atoms with Crippen LogP contribution < -0.4 is 0 Å². The molecular weight excluding hydrogens is 200 g/mol. The second-order valence-corrected chi connectivity index (χ2v) is 4.82. The predicted molar refractivity (Wildman–Crippen MR) is 61.0 cm³/mol. The molecule has 0 fully saturated rings. The van der Waals surface area contributed by atoms with Gasteiger partial charge in [0.05, 0.1) is 11.8 Å². The molecule has 0 aliphatic heterocycles. The van der Waals surface area contributed by atoms with Crippen molar-refractivity contribution >= 4 is 23.5 Å². The normalized spacial score (nSPS) is 9.08. The SMILES string of the molecule is [C-]#[N+]CCSCCCSCCC#N. The number of thioether (sulfide) groups is 2. The highest BCUT2D eigenvalue weighted by Crippen LogP contribution is 2.08. The third kappa shape index (κ3) is 11.7. The molecule has 0 rings (SSSR count). The summed E-state index contributed by atoms with van der Waals surface area (Å²) < 4.78 is 0. The first kappa shape index (κ1) is 12.7. The van der Waals surface area contributed by atoms with E-state index in [4.69, 9.17) is 11.8 Å². The Morgan fingerprint density at radius 1 is 1.15 bits per heavy atom. The second-order valence-electron chi connectivity index (χ2n) is 2.37. The van der Waals surface area contributed by atoms with Gasteiger partial charge in [-0.2, -0.15) is 28.8 Å². The fourth-order valence-corrected chi connectivity index (χ4v) is 2.44. The van der Waals surface area contributed by atoms with E-state index in [1.165, 1.54) is 6.42 Å². The van der Waals surface area contributed by atoms with Gasteiger partial charge in [0.1, 0.15) is 0 Å². The van der Waals surface area contributed by atoms with E-state index in [9.17, 15) is 0 Å². The van der Waals surface area contributed by atoms with Gasteiger partial charge < -0.3 is 4.85 Å². The van der Waals surface area contributed by atoms with Crippen molar-refractivity contribution in [2.24, 2.45) is 0 Å². The first-order chi connectivity index (χ1) is 6.41. The van der Waals surface area contributed by atoms with Crippen molar-refractivity contribution in [2.75, 3.05) is 29.6 Å². The molecule has 0 aromatic heterocycles. The summed E-state index contributed by atoms with van der Waals surface area (Å²) >= 11 is 3.69. The van der Waals surface area contributed by atoms with Crippen molar-refractivity contribution in [1.82, 2.24) is 0 Å². The van der Waals surface area contributed by atoms with E-state index in [2.05, 4.69) is 10.9 Å². The summed E-state index contributed by atoms with van der Waals surface area (Å²) in [5.74, 6) is 4.22. The Morgan fingerprint density at radius 2 is 1.85 bits per heavy atom. The molecule has 0 saturated carbocycles. The Labute approximate surface area is 88.9 Å². The molecule has 2 nitrogen and oxygen atoms in total. The summed E-state index contributed by atoms with van der Waals surface area (Å²) in [4.78, 5) is 3.28. The van der Waals surface area contributed by atoms with Gasteiger partial charge in [-0.15, -0.1) is 0 Å². The Bertz CT molecular complexity index is 161. The van der Waals surface area contributed by atoms with Crippen molar-refractivity contribution in [1.29, 1.82) is 5.26 Å². The Kier molecular flexibility index (Phi) is 11.4. The van der Waals surface area contributed by atoms with Gasteiger partial charge in [-0.1, -0.05) is 0 Å². The topological polar surface area (TPSA) is 28.1 Å². The van der Waals surface area contributed by atoms with Gasteiger partial charge in [0.2, 0.25) is 6.54 Å². The predicted octanol–water partition coefficient (Wildman–Crippen LogP) is 2.68. The molecule has 0 unspecified atom stereocenters. The third-order valence-corrected chi connectivity index (χ3v) is 3.40. The molecule has 0 spiro atoms. The lowest BCUT2D eigenvalue weighted by molar-refractivity contribution is 1.11. The molecule has 13 heavy (non-hydrogen) atoms. The minimum absolute atomic E-state index is 0.645. The quantitative estimate of drug-likeness (QED) is 0.459.